The fourth-order valence-electron chi connectivity index (χ4n) is 5.17. The van der Waals surface area contributed by atoms with Gasteiger partial charge in [-0.05, 0) is 31.4 Å². The molecule has 4 heterocycles. The molecule has 4 atom stereocenters. The number of ether oxygens (including phenoxy) is 1. The number of hydrogen-bond acceptors (Lipinski definition) is 4. The van der Waals surface area contributed by atoms with Crippen molar-refractivity contribution in [2.45, 2.75) is 31.9 Å². The molecule has 0 saturated carbocycles. The molecular formula is C20H24N4O2. The van der Waals surface area contributed by atoms with Crippen molar-refractivity contribution in [2.75, 3.05) is 13.1 Å². The Labute approximate surface area is 152 Å². The van der Waals surface area contributed by atoms with Crippen LogP contribution in [0.1, 0.15) is 30.6 Å². The Bertz CT molecular complexity index is 902. The molecule has 6 heteroatoms. The molecule has 1 aromatic heterocycles. The molecule has 26 heavy (non-hydrogen) atoms. The summed E-state index contributed by atoms with van der Waals surface area (Å²) in [5.74, 6) is 5.66. The smallest absolute Gasteiger partial charge is 0.264 e. The summed E-state index contributed by atoms with van der Waals surface area (Å²) >= 11 is 0. The van der Waals surface area contributed by atoms with Gasteiger partial charge < -0.3 is 9.72 Å². The number of fused-ring (bicyclic) bond motifs is 6. The molecule has 1 saturated heterocycles. The third-order valence-electron chi connectivity index (χ3n) is 6.51. The predicted octanol–water partition coefficient (Wildman–Crippen LogP) is 2.00. The Morgan fingerprint density at radius 1 is 1.38 bits per heavy atom. The highest BCUT2D eigenvalue weighted by Crippen LogP contribution is 2.47. The van der Waals surface area contributed by atoms with Gasteiger partial charge in [-0.25, -0.2) is 5.84 Å². The molecular weight excluding hydrogens is 328 g/mol. The number of nitrogens with one attached hydrogen (secondary N) is 2. The number of rotatable bonds is 1. The number of hydrazine groups is 1. The average molecular weight is 352 g/mol. The Morgan fingerprint density at radius 2 is 2.23 bits per heavy atom. The largest absolute Gasteiger partial charge is 0.497 e. The number of H-pyrrole nitrogens is 1. The van der Waals surface area contributed by atoms with Crippen LogP contribution >= 0.6 is 0 Å². The monoisotopic (exact) mass is 352 g/mol. The van der Waals surface area contributed by atoms with E-state index in [9.17, 15) is 4.79 Å². The van der Waals surface area contributed by atoms with E-state index < -0.39 is 0 Å². The lowest BCUT2D eigenvalue weighted by molar-refractivity contribution is -0.120. The number of hydrogen-bond donors (Lipinski definition) is 3. The molecule has 3 aliphatic heterocycles. The summed E-state index contributed by atoms with van der Waals surface area (Å²) in [5, 5.41) is 1.33. The quantitative estimate of drug-likeness (QED) is 0.416. The van der Waals surface area contributed by atoms with Gasteiger partial charge in [0.05, 0.1) is 24.0 Å². The van der Waals surface area contributed by atoms with Gasteiger partial charge in [0.2, 0.25) is 0 Å². The molecule has 0 radical (unpaired) electrons. The van der Waals surface area contributed by atoms with E-state index >= 15 is 0 Å². The first-order valence-corrected chi connectivity index (χ1v) is 9.37. The zero-order chi connectivity index (χ0) is 17.8. The Balaban J connectivity index is 1.55. The summed E-state index contributed by atoms with van der Waals surface area (Å²) in [5.41, 5.74) is 6.93. The second kappa shape index (κ2) is 5.86. The lowest BCUT2D eigenvalue weighted by Crippen LogP contribution is -2.52. The minimum absolute atomic E-state index is 0.111. The number of aromatic nitrogens is 1. The van der Waals surface area contributed by atoms with Crippen LogP contribution in [-0.4, -0.2) is 35.0 Å². The van der Waals surface area contributed by atoms with E-state index in [1.807, 2.05) is 0 Å². The highest BCUT2D eigenvalue weighted by Gasteiger charge is 2.46. The lowest BCUT2D eigenvalue weighted by Gasteiger charge is -2.49. The SMILES string of the molecule is C[C@@H]1OC=C(C(=O)NN)[C@H]2C[C@H]3c4[nH]c5ccccc5c4CCN3C[C@H]12. The van der Waals surface area contributed by atoms with Gasteiger partial charge in [0.25, 0.3) is 5.91 Å². The van der Waals surface area contributed by atoms with Crippen LogP contribution in [0, 0.1) is 11.8 Å². The van der Waals surface area contributed by atoms with E-state index in [-0.39, 0.29) is 17.9 Å². The average Bonchev–Trinajstić information content (AvgIpc) is 3.06. The molecule has 0 spiro atoms. The summed E-state index contributed by atoms with van der Waals surface area (Å²) in [4.78, 5) is 18.5. The normalized spacial score (nSPS) is 30.6. The maximum atomic E-state index is 12.3. The number of amides is 1. The van der Waals surface area contributed by atoms with Crippen LogP contribution in [0.4, 0.5) is 0 Å². The molecule has 0 unspecified atom stereocenters. The number of para-hydroxylation sites is 1. The maximum Gasteiger partial charge on any atom is 0.264 e. The van der Waals surface area contributed by atoms with Crippen LogP contribution in [0.5, 0.6) is 0 Å². The van der Waals surface area contributed by atoms with E-state index in [0.29, 0.717) is 17.5 Å². The first kappa shape index (κ1) is 15.9. The molecule has 1 aromatic carbocycles. The van der Waals surface area contributed by atoms with Gasteiger partial charge in [-0.15, -0.1) is 0 Å². The molecule has 1 fully saturated rings. The fourth-order valence-corrected chi connectivity index (χ4v) is 5.17. The summed E-state index contributed by atoms with van der Waals surface area (Å²) < 4.78 is 5.77. The highest BCUT2D eigenvalue weighted by molar-refractivity contribution is 5.93. The van der Waals surface area contributed by atoms with Crippen molar-refractivity contribution in [3.05, 3.63) is 47.4 Å². The number of nitrogens with zero attached hydrogens (tertiary/aromatic N) is 1. The predicted molar refractivity (Wildman–Crippen MR) is 98.9 cm³/mol. The summed E-state index contributed by atoms with van der Waals surface area (Å²) in [6.45, 7) is 4.10. The van der Waals surface area contributed by atoms with E-state index in [2.05, 4.69) is 46.5 Å². The maximum absolute atomic E-state index is 12.3. The number of aromatic amines is 1. The molecule has 5 rings (SSSR count). The van der Waals surface area contributed by atoms with Gasteiger partial charge in [0.15, 0.2) is 0 Å². The van der Waals surface area contributed by atoms with E-state index in [4.69, 9.17) is 10.6 Å². The molecule has 0 bridgehead atoms. The van der Waals surface area contributed by atoms with Gasteiger partial charge in [-0.2, -0.15) is 0 Å². The molecule has 136 valence electrons. The second-order valence-electron chi connectivity index (χ2n) is 7.72. The van der Waals surface area contributed by atoms with Crippen LogP contribution in [0.25, 0.3) is 10.9 Å². The molecule has 4 N–H and O–H groups in total. The van der Waals surface area contributed by atoms with Crippen molar-refractivity contribution in [3.8, 4) is 0 Å². The standard InChI is InChI=1S/C20H24N4O2/c1-11-15-9-24-7-6-13-12-4-2-3-5-17(12)22-19(13)18(24)8-14(15)16(10-26-11)20(25)23-21/h2-5,10-11,14-15,18,22H,6-9,21H2,1H3,(H,23,25)/t11-,14-,15+,18-/m0/s1. The van der Waals surface area contributed by atoms with Crippen LogP contribution in [0.2, 0.25) is 0 Å². The lowest BCUT2D eigenvalue weighted by atomic mass is 9.72. The fraction of sp³-hybridized carbons (Fsp3) is 0.450. The van der Waals surface area contributed by atoms with Crippen molar-refractivity contribution in [1.29, 1.82) is 0 Å². The van der Waals surface area contributed by atoms with Gasteiger partial charge in [-0.1, -0.05) is 18.2 Å². The van der Waals surface area contributed by atoms with Crippen molar-refractivity contribution in [3.63, 3.8) is 0 Å². The molecule has 2 aromatic rings. The highest BCUT2D eigenvalue weighted by atomic mass is 16.5. The summed E-state index contributed by atoms with van der Waals surface area (Å²) in [6.07, 6.45) is 3.71. The number of nitrogens with two attached hydrogens (primary N) is 1. The number of carbonyl (C=O) groups excluding carboxylic acids is 1. The number of carbonyl (C=O) groups is 1. The Kier molecular flexibility index (Phi) is 3.58. The van der Waals surface area contributed by atoms with E-state index in [1.54, 1.807) is 6.26 Å². The molecule has 3 aliphatic rings. The van der Waals surface area contributed by atoms with Crippen molar-refractivity contribution >= 4 is 16.8 Å². The zero-order valence-corrected chi connectivity index (χ0v) is 14.9. The Morgan fingerprint density at radius 3 is 3.08 bits per heavy atom. The first-order chi connectivity index (χ1) is 12.7. The van der Waals surface area contributed by atoms with Crippen LogP contribution in [0.3, 0.4) is 0 Å². The van der Waals surface area contributed by atoms with E-state index in [1.165, 1.54) is 22.2 Å². The number of benzene rings is 1. The van der Waals surface area contributed by atoms with Crippen molar-refractivity contribution in [1.82, 2.24) is 15.3 Å². The van der Waals surface area contributed by atoms with Gasteiger partial charge in [0.1, 0.15) is 0 Å². The third kappa shape index (κ3) is 2.22. The Hall–Kier alpha value is -2.31. The summed E-state index contributed by atoms with van der Waals surface area (Å²) in [7, 11) is 0. The van der Waals surface area contributed by atoms with Crippen LogP contribution < -0.4 is 11.3 Å². The van der Waals surface area contributed by atoms with Gasteiger partial charge in [-0.3, -0.25) is 15.1 Å². The van der Waals surface area contributed by atoms with Gasteiger partial charge >= 0.3 is 0 Å². The minimum atomic E-state index is -0.229. The van der Waals surface area contributed by atoms with E-state index in [0.717, 1.165) is 25.9 Å². The summed E-state index contributed by atoms with van der Waals surface area (Å²) in [6, 6.07) is 8.84. The van der Waals surface area contributed by atoms with Crippen molar-refractivity contribution in [2.24, 2.45) is 17.7 Å². The van der Waals surface area contributed by atoms with Crippen molar-refractivity contribution < 1.29 is 9.53 Å². The van der Waals surface area contributed by atoms with Crippen LogP contribution in [-0.2, 0) is 16.0 Å². The zero-order valence-electron chi connectivity index (χ0n) is 14.9. The number of piperidine rings is 1. The van der Waals surface area contributed by atoms with Crippen LogP contribution in [0.15, 0.2) is 36.1 Å². The topological polar surface area (TPSA) is 83.4 Å². The third-order valence-corrected chi connectivity index (χ3v) is 6.51. The first-order valence-electron chi connectivity index (χ1n) is 9.37. The second-order valence-corrected chi connectivity index (χ2v) is 7.72. The minimum Gasteiger partial charge on any atom is -0.497 e. The van der Waals surface area contributed by atoms with Gasteiger partial charge in [0, 0.05) is 41.5 Å². The molecule has 6 nitrogen and oxygen atoms in total. The molecule has 0 aliphatic carbocycles. The molecule has 1 amide bonds.